The van der Waals surface area contributed by atoms with Crippen molar-refractivity contribution in [2.75, 3.05) is 0 Å². The van der Waals surface area contributed by atoms with Gasteiger partial charge in [-0.05, 0) is 41.7 Å². The first-order valence-electron chi connectivity index (χ1n) is 11.9. The first kappa shape index (κ1) is 38.4. The molecule has 0 bridgehead atoms. The molecule has 2 aromatic carbocycles. The molecule has 0 atom stereocenters. The Morgan fingerprint density at radius 3 is 1.70 bits per heavy atom. The van der Waals surface area contributed by atoms with Gasteiger partial charge in [0.1, 0.15) is 32.5 Å². The van der Waals surface area contributed by atoms with E-state index in [0.29, 0.717) is 0 Å². The van der Waals surface area contributed by atoms with Crippen LogP contribution >= 0.6 is 69.6 Å². The molecule has 0 fully saturated rings. The molecule has 0 saturated heterocycles. The molecular weight excluding hydrogens is 872 g/mol. The van der Waals surface area contributed by atoms with Crippen molar-refractivity contribution >= 4 is 81.2 Å². The number of carbonyl (C=O) groups excluding carboxylic acids is 2. The number of carbonyl (C=O) groups is 2. The van der Waals surface area contributed by atoms with E-state index in [9.17, 15) is 19.8 Å². The molecule has 222 valence electrons. The van der Waals surface area contributed by atoms with E-state index in [1.807, 2.05) is 0 Å². The summed E-state index contributed by atoms with van der Waals surface area (Å²) in [6.07, 6.45) is 2.65. The zero-order valence-corrected chi connectivity index (χ0v) is 37.5. The van der Waals surface area contributed by atoms with Crippen LogP contribution in [0.1, 0.15) is 32.1 Å². The number of halogens is 6. The third-order valence-electron chi connectivity index (χ3n) is 6.43. The standard InChI is InChI=1S/C26H12Cl6N8O4.2Rb/c27-12-1-10(18(41)3-8(12)15-6-33-38-36-15)23(43)17-5-14(29)26(32)40(17)22-20(30)25(31)35-21(22)24(44)11-2-13(28)9(4-19(11)42)16-7-34-39-37-16;;/h1-7H,(H5,33,34,35,36,37,38,39,41,42,43,44);;/q;2*+1/p-2. The largest absolute Gasteiger partial charge is 1.00 e. The number of hydrogen-bond acceptors (Lipinski definition) is 8. The van der Waals surface area contributed by atoms with Gasteiger partial charge in [-0.3, -0.25) is 24.6 Å². The van der Waals surface area contributed by atoms with Crippen LogP contribution in [0.2, 0.25) is 30.4 Å². The van der Waals surface area contributed by atoms with Crippen LogP contribution in [0.25, 0.3) is 28.2 Å². The van der Waals surface area contributed by atoms with E-state index in [2.05, 4.69) is 35.8 Å². The molecule has 12 nitrogen and oxygen atoms in total. The van der Waals surface area contributed by atoms with E-state index < -0.39 is 23.1 Å². The second kappa shape index (κ2) is 15.6. The molecule has 0 aliphatic rings. The summed E-state index contributed by atoms with van der Waals surface area (Å²) in [7, 11) is 0. The number of aromatic hydroxyl groups is 2. The zero-order chi connectivity index (χ0) is 31.4. The van der Waals surface area contributed by atoms with Crippen LogP contribution in [0.15, 0.2) is 42.7 Å². The Balaban J connectivity index is 0.00000240. The second-order valence-electron chi connectivity index (χ2n) is 8.98. The molecule has 0 amide bonds. The minimum absolute atomic E-state index is 0. The average molecular weight is 882 g/mol. The van der Waals surface area contributed by atoms with Crippen LogP contribution in [-0.4, -0.2) is 52.0 Å². The normalized spacial score (nSPS) is 10.8. The topological polar surface area (TPSA) is 175 Å². The molecule has 0 saturated carbocycles. The van der Waals surface area contributed by atoms with E-state index in [1.54, 1.807) is 0 Å². The molecule has 0 radical (unpaired) electrons. The average Bonchev–Trinajstić information content (AvgIpc) is 3.81. The number of aromatic amines is 1. The number of phenolic OH excluding ortho intramolecular Hbond substituents is 2. The maximum absolute atomic E-state index is 13.9. The number of H-pyrrole nitrogens is 1. The van der Waals surface area contributed by atoms with Crippen LogP contribution < -0.4 is 127 Å². The monoisotopic (exact) mass is 878 g/mol. The molecule has 4 aromatic heterocycles. The van der Waals surface area contributed by atoms with Crippen molar-refractivity contribution in [1.29, 1.82) is 0 Å². The van der Waals surface area contributed by atoms with Crippen molar-refractivity contribution in [3.05, 3.63) is 95.6 Å². The number of benzene rings is 2. The Hall–Kier alpha value is -0.430. The maximum atomic E-state index is 13.9. The molecule has 0 unspecified atom stereocenters. The molecular formula is C26H10Cl6N8O4Rb2. The number of nitrogens with zero attached hydrogens (tertiary/aromatic N) is 7. The Labute approximate surface area is 386 Å². The number of ketones is 2. The Morgan fingerprint density at radius 2 is 1.22 bits per heavy atom. The van der Waals surface area contributed by atoms with Gasteiger partial charge in [0.2, 0.25) is 11.6 Å². The number of aromatic nitrogens is 8. The molecule has 6 rings (SSSR count). The van der Waals surface area contributed by atoms with Crippen LogP contribution in [0, 0.1) is 0 Å². The van der Waals surface area contributed by atoms with E-state index in [4.69, 9.17) is 69.6 Å². The smallest absolute Gasteiger partial charge is 0.507 e. The molecule has 0 spiro atoms. The number of phenols is 2. The fourth-order valence-corrected chi connectivity index (χ4v) is 5.76. The maximum Gasteiger partial charge on any atom is 1.00 e. The Kier molecular flexibility index (Phi) is 13.0. The molecule has 46 heavy (non-hydrogen) atoms. The van der Waals surface area contributed by atoms with Gasteiger partial charge in [0.05, 0.1) is 27.5 Å². The van der Waals surface area contributed by atoms with Crippen LogP contribution in [0.5, 0.6) is 11.5 Å². The fraction of sp³-hybridized carbons (Fsp3) is 0. The van der Waals surface area contributed by atoms with E-state index in [1.165, 1.54) is 42.7 Å². The van der Waals surface area contributed by atoms with Crippen LogP contribution in [0.4, 0.5) is 0 Å². The van der Waals surface area contributed by atoms with Gasteiger partial charge in [-0.15, -0.1) is 0 Å². The SMILES string of the molecule is O=C(c1cc(Cl)c(-c2c[n-]nn2)cc1O)c1[nH]c(Cl)c(Cl)c1-n1c(C(=O)c2cc(Cl)c(-c3c[n-]nn3)cc2O)cc(Cl)c1Cl.[Rb+].[Rb+]. The van der Waals surface area contributed by atoms with Crippen LogP contribution in [-0.2, 0) is 0 Å². The second-order valence-corrected chi connectivity index (χ2v) is 11.3. The van der Waals surface area contributed by atoms with Crippen molar-refractivity contribution in [2.45, 2.75) is 0 Å². The van der Waals surface area contributed by atoms with Gasteiger partial charge in [0.25, 0.3) is 0 Å². The first-order valence-corrected chi connectivity index (χ1v) is 14.2. The minimum Gasteiger partial charge on any atom is -0.507 e. The minimum atomic E-state index is -0.828. The third-order valence-corrected chi connectivity index (χ3v) is 8.56. The van der Waals surface area contributed by atoms with Gasteiger partial charge in [-0.25, -0.2) is 0 Å². The van der Waals surface area contributed by atoms with Gasteiger partial charge >= 0.3 is 116 Å². The summed E-state index contributed by atoms with van der Waals surface area (Å²) in [5.74, 6) is -2.56. The van der Waals surface area contributed by atoms with Crippen molar-refractivity contribution in [3.63, 3.8) is 0 Å². The number of nitrogens with one attached hydrogen (secondary N) is 1. The number of rotatable bonds is 7. The number of hydrogen-bond donors (Lipinski definition) is 3. The van der Waals surface area contributed by atoms with Gasteiger partial charge < -0.3 is 35.6 Å². The predicted octanol–water partition coefficient (Wildman–Crippen LogP) is 0.435. The third kappa shape index (κ3) is 7.08. The Morgan fingerprint density at radius 1 is 0.717 bits per heavy atom. The summed E-state index contributed by atoms with van der Waals surface area (Å²) < 4.78 is 1.08. The summed E-state index contributed by atoms with van der Waals surface area (Å²) in [4.78, 5) is 30.4. The van der Waals surface area contributed by atoms with E-state index >= 15 is 0 Å². The molecule has 4 heterocycles. The molecule has 6 aromatic rings. The van der Waals surface area contributed by atoms with Crippen molar-refractivity contribution < 1.29 is 136 Å². The zero-order valence-electron chi connectivity index (χ0n) is 23.2. The molecule has 0 aliphatic carbocycles. The quantitative estimate of drug-likeness (QED) is 0.191. The summed E-state index contributed by atoms with van der Waals surface area (Å²) in [6, 6.07) is 6.08. The van der Waals surface area contributed by atoms with Crippen LogP contribution in [0.3, 0.4) is 0 Å². The van der Waals surface area contributed by atoms with Crippen molar-refractivity contribution in [1.82, 2.24) is 40.4 Å². The van der Waals surface area contributed by atoms with E-state index in [-0.39, 0.29) is 197 Å². The molecule has 20 heteroatoms. The Bertz CT molecular complexity index is 1970. The van der Waals surface area contributed by atoms with Gasteiger partial charge in [0.15, 0.2) is 0 Å². The summed E-state index contributed by atoms with van der Waals surface area (Å²) in [5.41, 5.74) is -0.0895. The van der Waals surface area contributed by atoms with Gasteiger partial charge in [-0.2, -0.15) is 0 Å². The molecule has 3 N–H and O–H groups in total. The van der Waals surface area contributed by atoms with Gasteiger partial charge in [0, 0.05) is 21.2 Å². The summed E-state index contributed by atoms with van der Waals surface area (Å²) in [5, 5.41) is 42.8. The van der Waals surface area contributed by atoms with Crippen molar-refractivity contribution in [2.24, 2.45) is 0 Å². The fourth-order valence-electron chi connectivity index (χ4n) is 4.41. The summed E-state index contributed by atoms with van der Waals surface area (Å²) in [6.45, 7) is 0. The predicted molar refractivity (Wildman–Crippen MR) is 162 cm³/mol. The van der Waals surface area contributed by atoms with Gasteiger partial charge in [-0.1, -0.05) is 82.0 Å². The first-order chi connectivity index (χ1) is 21.0. The van der Waals surface area contributed by atoms with Crippen molar-refractivity contribution in [3.8, 4) is 39.7 Å². The summed E-state index contributed by atoms with van der Waals surface area (Å²) >= 11 is 38.5. The molecule has 0 aliphatic heterocycles. The van der Waals surface area contributed by atoms with E-state index in [0.717, 1.165) is 4.57 Å².